The van der Waals surface area contributed by atoms with Gasteiger partial charge in [0.2, 0.25) is 0 Å². The summed E-state index contributed by atoms with van der Waals surface area (Å²) < 4.78 is 5.47. The summed E-state index contributed by atoms with van der Waals surface area (Å²) in [5, 5.41) is 0. The number of carbonyl (C=O) groups is 1. The smallest absolute Gasteiger partial charge is 0.338 e. The second kappa shape index (κ2) is 15.6. The van der Waals surface area contributed by atoms with Crippen LogP contribution in [0.4, 0.5) is 0 Å². The monoisotopic (exact) mass is 464 g/mol. The van der Waals surface area contributed by atoms with E-state index in [1.165, 1.54) is 89.0 Å². The van der Waals surface area contributed by atoms with Gasteiger partial charge in [-0.05, 0) is 42.9 Å². The standard InChI is InChI=1S/C30H44N2O2/c1-2-3-4-5-6-10-17-26-23-31-29(32-24-26)27-18-20-28(21-19-27)30(33)34-22-13-8-7-9-14-25-15-11-12-16-25/h18-21,23-25H,2-17,22H2,1H3. The maximum Gasteiger partial charge on any atom is 0.338 e. The lowest BCUT2D eigenvalue weighted by atomic mass is 9.99. The summed E-state index contributed by atoms with van der Waals surface area (Å²) in [6.07, 6.45) is 24.5. The number of hydrogen-bond acceptors (Lipinski definition) is 4. The van der Waals surface area contributed by atoms with Crippen molar-refractivity contribution in [3.63, 3.8) is 0 Å². The fourth-order valence-corrected chi connectivity index (χ4v) is 4.93. The highest BCUT2D eigenvalue weighted by Gasteiger charge is 2.14. The van der Waals surface area contributed by atoms with Crippen LogP contribution in [0.3, 0.4) is 0 Å². The van der Waals surface area contributed by atoms with Crippen LogP contribution in [0.25, 0.3) is 11.4 Å². The Hall–Kier alpha value is -2.23. The second-order valence-electron chi connectivity index (χ2n) is 10.00. The number of aryl methyl sites for hydroxylation is 1. The average molecular weight is 465 g/mol. The van der Waals surface area contributed by atoms with Gasteiger partial charge in [0.1, 0.15) is 0 Å². The molecule has 1 fully saturated rings. The van der Waals surface area contributed by atoms with Gasteiger partial charge in [-0.2, -0.15) is 0 Å². The van der Waals surface area contributed by atoms with Crippen molar-refractivity contribution in [2.24, 2.45) is 5.92 Å². The molecule has 0 atom stereocenters. The quantitative estimate of drug-likeness (QED) is 0.185. The summed E-state index contributed by atoms with van der Waals surface area (Å²) in [7, 11) is 0. The van der Waals surface area contributed by atoms with E-state index in [-0.39, 0.29) is 5.97 Å². The van der Waals surface area contributed by atoms with Crippen molar-refractivity contribution in [3.8, 4) is 11.4 Å². The molecule has 0 N–H and O–H groups in total. The van der Waals surface area contributed by atoms with Crippen LogP contribution in [-0.4, -0.2) is 22.5 Å². The number of rotatable bonds is 16. The average Bonchev–Trinajstić information content (AvgIpc) is 3.39. The van der Waals surface area contributed by atoms with Crippen molar-refractivity contribution in [2.75, 3.05) is 6.61 Å². The first kappa shape index (κ1) is 26.4. The number of nitrogens with zero attached hydrogens (tertiary/aromatic N) is 2. The molecule has 1 saturated carbocycles. The van der Waals surface area contributed by atoms with Crippen molar-refractivity contribution >= 4 is 5.97 Å². The summed E-state index contributed by atoms with van der Waals surface area (Å²) in [6, 6.07) is 7.43. The van der Waals surface area contributed by atoms with Gasteiger partial charge in [-0.1, -0.05) is 103 Å². The molecular weight excluding hydrogens is 420 g/mol. The zero-order valence-electron chi connectivity index (χ0n) is 21.3. The zero-order chi connectivity index (χ0) is 23.8. The Labute approximate surface area is 206 Å². The molecule has 0 unspecified atom stereocenters. The minimum Gasteiger partial charge on any atom is -0.462 e. The Morgan fingerprint density at radius 2 is 1.50 bits per heavy atom. The minimum absolute atomic E-state index is 0.243. The number of hydrogen-bond donors (Lipinski definition) is 0. The fourth-order valence-electron chi connectivity index (χ4n) is 4.93. The molecule has 4 heteroatoms. The third-order valence-corrected chi connectivity index (χ3v) is 7.12. The molecule has 1 aromatic carbocycles. The van der Waals surface area contributed by atoms with Crippen molar-refractivity contribution in [3.05, 3.63) is 47.8 Å². The highest BCUT2D eigenvalue weighted by Crippen LogP contribution is 2.29. The molecule has 1 aliphatic rings. The normalized spacial score (nSPS) is 13.9. The Morgan fingerprint density at radius 1 is 0.853 bits per heavy atom. The minimum atomic E-state index is -0.243. The molecule has 1 aromatic heterocycles. The molecule has 186 valence electrons. The molecule has 0 radical (unpaired) electrons. The molecule has 0 amide bonds. The Bertz CT molecular complexity index is 811. The van der Waals surface area contributed by atoms with Crippen molar-refractivity contribution in [2.45, 2.75) is 110 Å². The van der Waals surface area contributed by atoms with Gasteiger partial charge in [0.15, 0.2) is 5.82 Å². The van der Waals surface area contributed by atoms with E-state index in [0.29, 0.717) is 18.0 Å². The van der Waals surface area contributed by atoms with Gasteiger partial charge in [-0.15, -0.1) is 0 Å². The van der Waals surface area contributed by atoms with E-state index in [0.717, 1.165) is 30.7 Å². The lowest BCUT2D eigenvalue weighted by molar-refractivity contribution is 0.0497. The predicted octanol–water partition coefficient (Wildman–Crippen LogP) is 8.34. The van der Waals surface area contributed by atoms with Gasteiger partial charge < -0.3 is 4.74 Å². The van der Waals surface area contributed by atoms with E-state index in [1.54, 1.807) is 0 Å². The van der Waals surface area contributed by atoms with Gasteiger partial charge in [0.05, 0.1) is 12.2 Å². The largest absolute Gasteiger partial charge is 0.462 e. The van der Waals surface area contributed by atoms with Crippen LogP contribution < -0.4 is 0 Å². The predicted molar refractivity (Wildman–Crippen MR) is 140 cm³/mol. The highest BCUT2D eigenvalue weighted by atomic mass is 16.5. The molecule has 1 heterocycles. The zero-order valence-corrected chi connectivity index (χ0v) is 21.3. The van der Waals surface area contributed by atoms with Gasteiger partial charge in [-0.25, -0.2) is 14.8 Å². The third-order valence-electron chi connectivity index (χ3n) is 7.12. The number of esters is 1. The molecule has 34 heavy (non-hydrogen) atoms. The first-order valence-electron chi connectivity index (χ1n) is 13.8. The van der Waals surface area contributed by atoms with Crippen LogP contribution in [0.2, 0.25) is 0 Å². The third kappa shape index (κ3) is 9.56. The SMILES string of the molecule is CCCCCCCCc1cnc(-c2ccc(C(=O)OCCCCCCC3CCCC3)cc2)nc1. The maximum absolute atomic E-state index is 12.3. The lowest BCUT2D eigenvalue weighted by Gasteiger charge is -2.08. The highest BCUT2D eigenvalue weighted by molar-refractivity contribution is 5.89. The number of benzene rings is 1. The van der Waals surface area contributed by atoms with Crippen LogP contribution in [0.5, 0.6) is 0 Å². The number of unbranched alkanes of at least 4 members (excludes halogenated alkanes) is 8. The number of aromatic nitrogens is 2. The van der Waals surface area contributed by atoms with Gasteiger partial charge in [0, 0.05) is 18.0 Å². The van der Waals surface area contributed by atoms with Crippen LogP contribution in [0, 0.1) is 5.92 Å². The molecule has 0 saturated heterocycles. The molecule has 3 rings (SSSR count). The van der Waals surface area contributed by atoms with Gasteiger partial charge in [0.25, 0.3) is 0 Å². The van der Waals surface area contributed by atoms with E-state index in [2.05, 4.69) is 16.9 Å². The van der Waals surface area contributed by atoms with Crippen LogP contribution >= 0.6 is 0 Å². The molecule has 4 nitrogen and oxygen atoms in total. The summed E-state index contributed by atoms with van der Waals surface area (Å²) in [6.45, 7) is 2.76. The molecular formula is C30H44N2O2. The van der Waals surface area contributed by atoms with Gasteiger partial charge >= 0.3 is 5.97 Å². The fraction of sp³-hybridized carbons (Fsp3) is 0.633. The van der Waals surface area contributed by atoms with Crippen LogP contribution in [0.1, 0.15) is 119 Å². The summed E-state index contributed by atoms with van der Waals surface area (Å²) in [4.78, 5) is 21.4. The van der Waals surface area contributed by atoms with E-state index >= 15 is 0 Å². The number of carbonyl (C=O) groups excluding carboxylic acids is 1. The van der Waals surface area contributed by atoms with Crippen LogP contribution in [-0.2, 0) is 11.2 Å². The summed E-state index contributed by atoms with van der Waals surface area (Å²) >= 11 is 0. The second-order valence-corrected chi connectivity index (χ2v) is 10.00. The van der Waals surface area contributed by atoms with E-state index in [1.807, 2.05) is 36.7 Å². The molecule has 2 aromatic rings. The first-order chi connectivity index (χ1) is 16.8. The van der Waals surface area contributed by atoms with Crippen LogP contribution in [0.15, 0.2) is 36.7 Å². The maximum atomic E-state index is 12.3. The Morgan fingerprint density at radius 3 is 2.24 bits per heavy atom. The van der Waals surface area contributed by atoms with E-state index in [9.17, 15) is 4.79 Å². The molecule has 0 aliphatic heterocycles. The van der Waals surface area contributed by atoms with E-state index < -0.39 is 0 Å². The van der Waals surface area contributed by atoms with Crippen molar-refractivity contribution in [1.29, 1.82) is 0 Å². The van der Waals surface area contributed by atoms with E-state index in [4.69, 9.17) is 4.74 Å². The van der Waals surface area contributed by atoms with Crippen molar-refractivity contribution < 1.29 is 9.53 Å². The molecule has 1 aliphatic carbocycles. The lowest BCUT2D eigenvalue weighted by Crippen LogP contribution is -2.06. The van der Waals surface area contributed by atoms with Crippen molar-refractivity contribution in [1.82, 2.24) is 9.97 Å². The Kier molecular flexibility index (Phi) is 12.1. The topological polar surface area (TPSA) is 52.1 Å². The Balaban J connectivity index is 1.31. The molecule has 0 bridgehead atoms. The first-order valence-corrected chi connectivity index (χ1v) is 13.8. The summed E-state index contributed by atoms with van der Waals surface area (Å²) in [5.74, 6) is 1.44. The molecule has 0 spiro atoms. The number of ether oxygens (including phenoxy) is 1. The summed E-state index contributed by atoms with van der Waals surface area (Å²) in [5.41, 5.74) is 2.70. The van der Waals surface area contributed by atoms with Gasteiger partial charge in [-0.3, -0.25) is 0 Å².